The standard InChI is InChI=1S/C29H26N8O2/c1-38-20-4-2-3-17(13-20)22-9-12-32-28-25(22)34-29(35-28)27-26-24(36-37-27)6-5-23(33-26)18-14-21(16-31-15-18)39-19-7-10-30-11-8-19/h2-6,9,12-16,19,30H,7-8,10-11H2,1H3,(H,36,37)(H,32,34,35). The van der Waals surface area contributed by atoms with E-state index in [1.165, 1.54) is 0 Å². The topological polar surface area (TPSA) is 127 Å². The first kappa shape index (κ1) is 23.3. The molecule has 1 aromatic carbocycles. The van der Waals surface area contributed by atoms with Crippen LogP contribution in [0, 0.1) is 0 Å². The van der Waals surface area contributed by atoms with Crippen molar-refractivity contribution in [3.05, 3.63) is 67.1 Å². The third-order valence-electron chi connectivity index (χ3n) is 7.00. The number of piperidine rings is 1. The van der Waals surface area contributed by atoms with Crippen molar-refractivity contribution >= 4 is 22.2 Å². The highest BCUT2D eigenvalue weighted by atomic mass is 16.5. The smallest absolute Gasteiger partial charge is 0.178 e. The maximum Gasteiger partial charge on any atom is 0.178 e. The molecule has 0 bridgehead atoms. The van der Waals surface area contributed by atoms with Gasteiger partial charge in [0.2, 0.25) is 0 Å². The minimum Gasteiger partial charge on any atom is -0.497 e. The summed E-state index contributed by atoms with van der Waals surface area (Å²) in [5.74, 6) is 2.12. The largest absolute Gasteiger partial charge is 0.497 e. The van der Waals surface area contributed by atoms with Gasteiger partial charge < -0.3 is 19.8 Å². The normalized spacial score (nSPS) is 14.2. The van der Waals surface area contributed by atoms with Crippen molar-refractivity contribution in [2.75, 3.05) is 20.2 Å². The van der Waals surface area contributed by atoms with E-state index in [9.17, 15) is 0 Å². The average molecular weight is 519 g/mol. The molecule has 7 rings (SSSR count). The van der Waals surface area contributed by atoms with E-state index in [0.29, 0.717) is 22.7 Å². The van der Waals surface area contributed by atoms with E-state index in [2.05, 4.69) is 30.5 Å². The molecular formula is C29H26N8O2. The van der Waals surface area contributed by atoms with Crippen LogP contribution in [0.4, 0.5) is 0 Å². The molecule has 0 amide bonds. The van der Waals surface area contributed by atoms with E-state index in [4.69, 9.17) is 19.4 Å². The van der Waals surface area contributed by atoms with Gasteiger partial charge in [0, 0.05) is 23.5 Å². The molecule has 5 aromatic heterocycles. The van der Waals surface area contributed by atoms with Gasteiger partial charge in [0.25, 0.3) is 0 Å². The van der Waals surface area contributed by atoms with Gasteiger partial charge in [0.1, 0.15) is 23.1 Å². The van der Waals surface area contributed by atoms with Gasteiger partial charge in [-0.15, -0.1) is 0 Å². The van der Waals surface area contributed by atoms with E-state index in [1.54, 1.807) is 25.7 Å². The van der Waals surface area contributed by atoms with Crippen molar-refractivity contribution in [1.29, 1.82) is 0 Å². The lowest BCUT2D eigenvalue weighted by Crippen LogP contribution is -2.34. The number of methoxy groups -OCH3 is 1. The van der Waals surface area contributed by atoms with Gasteiger partial charge in [-0.25, -0.2) is 15.0 Å². The van der Waals surface area contributed by atoms with Crippen LogP contribution in [0.5, 0.6) is 11.5 Å². The Morgan fingerprint density at radius 2 is 1.82 bits per heavy atom. The Bertz CT molecular complexity index is 1790. The summed E-state index contributed by atoms with van der Waals surface area (Å²) in [5, 5.41) is 11.0. The van der Waals surface area contributed by atoms with Gasteiger partial charge in [-0.3, -0.25) is 10.1 Å². The molecule has 1 aliphatic heterocycles. The average Bonchev–Trinajstić information content (AvgIpc) is 3.61. The maximum atomic E-state index is 6.20. The van der Waals surface area contributed by atoms with E-state index in [1.807, 2.05) is 48.5 Å². The number of rotatable bonds is 6. The van der Waals surface area contributed by atoms with Gasteiger partial charge >= 0.3 is 0 Å². The molecule has 10 heteroatoms. The summed E-state index contributed by atoms with van der Waals surface area (Å²) in [6.45, 7) is 1.94. The maximum absolute atomic E-state index is 6.20. The van der Waals surface area contributed by atoms with Crippen LogP contribution in [0.1, 0.15) is 12.8 Å². The number of nitrogens with zero attached hydrogens (tertiary/aromatic N) is 5. The third-order valence-corrected chi connectivity index (χ3v) is 7.00. The fraction of sp³-hybridized carbons (Fsp3) is 0.207. The summed E-state index contributed by atoms with van der Waals surface area (Å²) in [6, 6.07) is 15.8. The Kier molecular flexibility index (Phi) is 5.86. The molecule has 3 N–H and O–H groups in total. The molecule has 0 spiro atoms. The minimum atomic E-state index is 0.197. The molecule has 1 aliphatic rings. The van der Waals surface area contributed by atoms with Crippen LogP contribution in [-0.2, 0) is 0 Å². The number of fused-ring (bicyclic) bond motifs is 2. The molecule has 6 aromatic rings. The number of hydrogen-bond donors (Lipinski definition) is 3. The molecule has 0 aliphatic carbocycles. The number of H-pyrrole nitrogens is 2. The number of ether oxygens (including phenoxy) is 2. The van der Waals surface area contributed by atoms with Gasteiger partial charge in [0.05, 0.1) is 30.0 Å². The summed E-state index contributed by atoms with van der Waals surface area (Å²) in [7, 11) is 1.66. The van der Waals surface area contributed by atoms with Crippen molar-refractivity contribution in [1.82, 2.24) is 40.4 Å². The van der Waals surface area contributed by atoms with Crippen LogP contribution in [0.3, 0.4) is 0 Å². The van der Waals surface area contributed by atoms with Gasteiger partial charge in [0.15, 0.2) is 17.2 Å². The minimum absolute atomic E-state index is 0.197. The lowest BCUT2D eigenvalue weighted by Gasteiger charge is -2.23. The summed E-state index contributed by atoms with van der Waals surface area (Å²) in [4.78, 5) is 22.0. The van der Waals surface area contributed by atoms with E-state index in [0.717, 1.165) is 70.8 Å². The molecule has 1 saturated heterocycles. The fourth-order valence-corrected chi connectivity index (χ4v) is 5.01. The summed E-state index contributed by atoms with van der Waals surface area (Å²) in [6.07, 6.45) is 7.48. The zero-order chi connectivity index (χ0) is 26.2. The molecule has 10 nitrogen and oxygen atoms in total. The Balaban J connectivity index is 1.25. The van der Waals surface area contributed by atoms with Crippen molar-refractivity contribution < 1.29 is 9.47 Å². The summed E-state index contributed by atoms with van der Waals surface area (Å²) >= 11 is 0. The predicted molar refractivity (Wildman–Crippen MR) is 149 cm³/mol. The second-order valence-corrected chi connectivity index (χ2v) is 9.52. The Morgan fingerprint density at radius 3 is 2.72 bits per heavy atom. The molecule has 0 atom stereocenters. The SMILES string of the molecule is COc1cccc(-c2ccnc3nc(-c4n[nH]c5ccc(-c6cncc(OC7CCNCC7)c6)nc45)[nH]c23)c1. The third kappa shape index (κ3) is 4.44. The molecule has 0 saturated carbocycles. The van der Waals surface area contributed by atoms with Crippen LogP contribution in [0.25, 0.3) is 56.1 Å². The van der Waals surface area contributed by atoms with Crippen molar-refractivity contribution in [2.24, 2.45) is 0 Å². The molecular weight excluding hydrogens is 492 g/mol. The monoisotopic (exact) mass is 518 g/mol. The van der Waals surface area contributed by atoms with Crippen LogP contribution >= 0.6 is 0 Å². The van der Waals surface area contributed by atoms with Gasteiger partial charge in [-0.05, 0) is 67.9 Å². The number of nitrogens with one attached hydrogen (secondary N) is 3. The van der Waals surface area contributed by atoms with Gasteiger partial charge in [-0.1, -0.05) is 12.1 Å². The Labute approximate surface area is 223 Å². The number of hydrogen-bond acceptors (Lipinski definition) is 8. The first-order valence-corrected chi connectivity index (χ1v) is 12.9. The Hall–Kier alpha value is -4.83. The van der Waals surface area contributed by atoms with Crippen LogP contribution < -0.4 is 14.8 Å². The summed E-state index contributed by atoms with van der Waals surface area (Å²) < 4.78 is 11.6. The zero-order valence-electron chi connectivity index (χ0n) is 21.3. The van der Waals surface area contributed by atoms with Crippen LogP contribution in [-0.4, -0.2) is 61.4 Å². The number of pyridine rings is 3. The zero-order valence-corrected chi connectivity index (χ0v) is 21.3. The highest BCUT2D eigenvalue weighted by molar-refractivity contribution is 5.95. The van der Waals surface area contributed by atoms with Crippen molar-refractivity contribution in [2.45, 2.75) is 18.9 Å². The second-order valence-electron chi connectivity index (χ2n) is 9.52. The highest BCUT2D eigenvalue weighted by Gasteiger charge is 2.18. The fourth-order valence-electron chi connectivity index (χ4n) is 5.01. The highest BCUT2D eigenvalue weighted by Crippen LogP contribution is 2.32. The van der Waals surface area contributed by atoms with Crippen LogP contribution in [0.15, 0.2) is 67.1 Å². The molecule has 0 unspecified atom stereocenters. The first-order valence-electron chi connectivity index (χ1n) is 12.9. The Morgan fingerprint density at radius 1 is 0.923 bits per heavy atom. The lowest BCUT2D eigenvalue weighted by molar-refractivity contribution is 0.162. The predicted octanol–water partition coefficient (Wildman–Crippen LogP) is 4.76. The van der Waals surface area contributed by atoms with Crippen molar-refractivity contribution in [3.63, 3.8) is 0 Å². The van der Waals surface area contributed by atoms with Gasteiger partial charge in [-0.2, -0.15) is 5.10 Å². The molecule has 1 fully saturated rings. The van der Waals surface area contributed by atoms with Crippen LogP contribution in [0.2, 0.25) is 0 Å². The number of benzene rings is 1. The molecule has 39 heavy (non-hydrogen) atoms. The number of aromatic nitrogens is 7. The van der Waals surface area contributed by atoms with E-state index < -0.39 is 0 Å². The molecule has 0 radical (unpaired) electrons. The molecule has 6 heterocycles. The van der Waals surface area contributed by atoms with E-state index in [-0.39, 0.29) is 6.10 Å². The van der Waals surface area contributed by atoms with E-state index >= 15 is 0 Å². The van der Waals surface area contributed by atoms with Crippen molar-refractivity contribution in [3.8, 4) is 45.4 Å². The number of aromatic amines is 2. The number of imidazole rings is 1. The lowest BCUT2D eigenvalue weighted by atomic mass is 10.1. The second kappa shape index (κ2) is 9.80. The summed E-state index contributed by atoms with van der Waals surface area (Å²) in [5.41, 5.74) is 7.19. The first-order chi connectivity index (χ1) is 19.2. The quantitative estimate of drug-likeness (QED) is 0.288. The molecule has 194 valence electrons.